The molecule has 2 aromatic rings. The number of carboxylic acid groups (broad SMARTS) is 1. The largest absolute Gasteiger partial charge is 0.493 e. The van der Waals surface area contributed by atoms with Crippen molar-refractivity contribution in [1.82, 2.24) is 0 Å². The Morgan fingerprint density at radius 1 is 1.24 bits per heavy atom. The summed E-state index contributed by atoms with van der Waals surface area (Å²) in [5.41, 5.74) is 1.01. The van der Waals surface area contributed by atoms with Crippen LogP contribution >= 0.6 is 11.3 Å². The molecule has 1 N–H and O–H groups in total. The lowest BCUT2D eigenvalue weighted by Crippen LogP contribution is -2.13. The van der Waals surface area contributed by atoms with Crippen molar-refractivity contribution in [1.29, 1.82) is 0 Å². The maximum atomic E-state index is 11.4. The molecule has 112 valence electrons. The van der Waals surface area contributed by atoms with Crippen LogP contribution in [-0.4, -0.2) is 17.7 Å². The lowest BCUT2D eigenvalue weighted by atomic mass is 9.98. The normalized spacial score (nSPS) is 12.3. The number of aliphatic carboxylic acids is 1. The third kappa shape index (κ3) is 4.60. The maximum absolute atomic E-state index is 11.4. The van der Waals surface area contributed by atoms with Gasteiger partial charge in [0.2, 0.25) is 0 Å². The summed E-state index contributed by atoms with van der Waals surface area (Å²) in [4.78, 5) is 12.3. The summed E-state index contributed by atoms with van der Waals surface area (Å²) < 4.78 is 5.63. The van der Waals surface area contributed by atoms with E-state index >= 15 is 0 Å². The van der Waals surface area contributed by atoms with Crippen LogP contribution in [0.5, 0.6) is 5.75 Å². The Morgan fingerprint density at radius 3 is 2.48 bits per heavy atom. The highest BCUT2D eigenvalue weighted by molar-refractivity contribution is 7.10. The zero-order chi connectivity index (χ0) is 15.2. The second kappa shape index (κ2) is 7.27. The fourth-order valence-electron chi connectivity index (χ4n) is 2.02. The first kappa shape index (κ1) is 15.6. The summed E-state index contributed by atoms with van der Waals surface area (Å²) in [6, 6.07) is 11.5. The second-order valence-electron chi connectivity index (χ2n) is 5.46. The van der Waals surface area contributed by atoms with Gasteiger partial charge >= 0.3 is 5.97 Å². The molecule has 0 aliphatic rings. The summed E-state index contributed by atoms with van der Waals surface area (Å²) in [6.07, 6.45) is 0.500. The summed E-state index contributed by atoms with van der Waals surface area (Å²) >= 11 is 1.49. The minimum Gasteiger partial charge on any atom is -0.493 e. The summed E-state index contributed by atoms with van der Waals surface area (Å²) in [5, 5.41) is 11.3. The molecule has 0 aliphatic carbocycles. The number of benzene rings is 1. The van der Waals surface area contributed by atoms with Gasteiger partial charge in [0.15, 0.2) is 0 Å². The number of thiophene rings is 1. The minimum atomic E-state index is -0.780. The van der Waals surface area contributed by atoms with Crippen molar-refractivity contribution in [3.63, 3.8) is 0 Å². The van der Waals surface area contributed by atoms with Crippen molar-refractivity contribution in [3.05, 3.63) is 52.2 Å². The van der Waals surface area contributed by atoms with E-state index in [1.807, 2.05) is 41.8 Å². The van der Waals surface area contributed by atoms with Gasteiger partial charge in [-0.3, -0.25) is 4.79 Å². The molecular formula is C17H20O3S. The monoisotopic (exact) mass is 304 g/mol. The van der Waals surface area contributed by atoms with Crippen LogP contribution in [0.15, 0.2) is 41.8 Å². The molecule has 0 spiro atoms. The molecule has 0 bridgehead atoms. The summed E-state index contributed by atoms with van der Waals surface area (Å²) in [5.74, 6) is 0.0559. The predicted octanol–water partition coefficient (Wildman–Crippen LogP) is 4.19. The average Bonchev–Trinajstić information content (AvgIpc) is 2.97. The van der Waals surface area contributed by atoms with Crippen LogP contribution in [0.1, 0.15) is 30.2 Å². The van der Waals surface area contributed by atoms with Gasteiger partial charge in [-0.05, 0) is 41.5 Å². The van der Waals surface area contributed by atoms with E-state index in [0.29, 0.717) is 18.9 Å². The number of hydrogen-bond acceptors (Lipinski definition) is 3. The van der Waals surface area contributed by atoms with E-state index in [4.69, 9.17) is 4.74 Å². The molecule has 4 heteroatoms. The van der Waals surface area contributed by atoms with Gasteiger partial charge in [-0.25, -0.2) is 0 Å². The quantitative estimate of drug-likeness (QED) is 0.834. The molecule has 0 aliphatic heterocycles. The van der Waals surface area contributed by atoms with Gasteiger partial charge in [-0.1, -0.05) is 32.0 Å². The Kier molecular flexibility index (Phi) is 5.39. The number of rotatable bonds is 7. The van der Waals surface area contributed by atoms with Crippen molar-refractivity contribution in [2.24, 2.45) is 5.92 Å². The molecule has 1 atom stereocenters. The first-order valence-corrected chi connectivity index (χ1v) is 7.92. The van der Waals surface area contributed by atoms with E-state index in [1.54, 1.807) is 0 Å². The van der Waals surface area contributed by atoms with Gasteiger partial charge in [0.1, 0.15) is 5.75 Å². The zero-order valence-corrected chi connectivity index (χ0v) is 13.1. The first-order chi connectivity index (χ1) is 10.1. The maximum Gasteiger partial charge on any atom is 0.312 e. The Balaban J connectivity index is 2.03. The molecule has 0 radical (unpaired) electrons. The molecular weight excluding hydrogens is 284 g/mol. The van der Waals surface area contributed by atoms with Gasteiger partial charge in [0.25, 0.3) is 0 Å². The summed E-state index contributed by atoms with van der Waals surface area (Å²) in [6.45, 7) is 4.89. The third-order valence-electron chi connectivity index (χ3n) is 3.13. The van der Waals surface area contributed by atoms with E-state index in [1.165, 1.54) is 11.3 Å². The fourth-order valence-corrected chi connectivity index (χ4v) is 2.84. The lowest BCUT2D eigenvalue weighted by molar-refractivity contribution is -0.138. The Morgan fingerprint density at radius 2 is 1.95 bits per heavy atom. The molecule has 0 amide bonds. The molecule has 0 saturated heterocycles. The van der Waals surface area contributed by atoms with E-state index < -0.39 is 11.9 Å². The van der Waals surface area contributed by atoms with Crippen LogP contribution in [0.3, 0.4) is 0 Å². The molecule has 1 aromatic carbocycles. The van der Waals surface area contributed by atoms with E-state index in [2.05, 4.69) is 13.8 Å². The van der Waals surface area contributed by atoms with Crippen LogP contribution in [0, 0.1) is 5.92 Å². The fraction of sp³-hybridized carbons (Fsp3) is 0.353. The van der Waals surface area contributed by atoms with Gasteiger partial charge in [-0.2, -0.15) is 0 Å². The van der Waals surface area contributed by atoms with E-state index in [-0.39, 0.29) is 0 Å². The van der Waals surface area contributed by atoms with Crippen molar-refractivity contribution in [2.45, 2.75) is 26.2 Å². The zero-order valence-electron chi connectivity index (χ0n) is 12.3. The number of hydrogen-bond donors (Lipinski definition) is 1. The van der Waals surface area contributed by atoms with Gasteiger partial charge in [-0.15, -0.1) is 11.3 Å². The molecule has 1 heterocycles. The van der Waals surface area contributed by atoms with Crippen LogP contribution < -0.4 is 4.74 Å². The van der Waals surface area contributed by atoms with Crippen molar-refractivity contribution in [2.75, 3.05) is 6.61 Å². The van der Waals surface area contributed by atoms with Gasteiger partial charge < -0.3 is 9.84 Å². The van der Waals surface area contributed by atoms with Crippen LogP contribution in [-0.2, 0) is 11.2 Å². The molecule has 1 unspecified atom stereocenters. The third-order valence-corrected chi connectivity index (χ3v) is 4.12. The number of ether oxygens (including phenoxy) is 1. The molecule has 0 saturated carbocycles. The molecule has 3 nitrogen and oxygen atoms in total. The van der Waals surface area contributed by atoms with Crippen molar-refractivity contribution in [3.8, 4) is 5.75 Å². The molecule has 1 aromatic heterocycles. The Labute approximate surface area is 129 Å². The van der Waals surface area contributed by atoms with Gasteiger partial charge in [0.05, 0.1) is 12.5 Å². The van der Waals surface area contributed by atoms with E-state index in [0.717, 1.165) is 16.2 Å². The molecule has 2 rings (SSSR count). The highest BCUT2D eigenvalue weighted by Crippen LogP contribution is 2.26. The van der Waals surface area contributed by atoms with Crippen LogP contribution in [0.2, 0.25) is 0 Å². The van der Waals surface area contributed by atoms with Crippen molar-refractivity contribution >= 4 is 17.3 Å². The lowest BCUT2D eigenvalue weighted by Gasteiger charge is -2.12. The molecule has 0 fully saturated rings. The number of carbonyl (C=O) groups is 1. The van der Waals surface area contributed by atoms with Crippen molar-refractivity contribution < 1.29 is 14.6 Å². The summed E-state index contributed by atoms with van der Waals surface area (Å²) in [7, 11) is 0. The SMILES string of the molecule is CC(C)COc1ccc(CC(C(=O)O)c2cccs2)cc1. The highest BCUT2D eigenvalue weighted by Gasteiger charge is 2.21. The average molecular weight is 304 g/mol. The number of carboxylic acids is 1. The van der Waals surface area contributed by atoms with Crippen LogP contribution in [0.25, 0.3) is 0 Å². The first-order valence-electron chi connectivity index (χ1n) is 7.04. The predicted molar refractivity (Wildman–Crippen MR) is 85.2 cm³/mol. The Bertz CT molecular complexity index is 558. The van der Waals surface area contributed by atoms with Crippen LogP contribution in [0.4, 0.5) is 0 Å². The standard InChI is InChI=1S/C17H20O3S/c1-12(2)11-20-14-7-5-13(6-8-14)10-15(17(18)19)16-4-3-9-21-16/h3-9,12,15H,10-11H2,1-2H3,(H,18,19). The van der Waals surface area contributed by atoms with Gasteiger partial charge in [0, 0.05) is 4.88 Å². The topological polar surface area (TPSA) is 46.5 Å². The Hall–Kier alpha value is -1.81. The smallest absolute Gasteiger partial charge is 0.312 e. The highest BCUT2D eigenvalue weighted by atomic mass is 32.1. The second-order valence-corrected chi connectivity index (χ2v) is 6.44. The van der Waals surface area contributed by atoms with E-state index in [9.17, 15) is 9.90 Å². The minimum absolute atomic E-state index is 0.479. The molecule has 21 heavy (non-hydrogen) atoms.